The van der Waals surface area contributed by atoms with Crippen molar-refractivity contribution < 1.29 is 23.4 Å². The Hall–Kier alpha value is -3.13. The van der Waals surface area contributed by atoms with Crippen LogP contribution in [-0.2, 0) is 24.3 Å². The molecule has 0 unspecified atom stereocenters. The average molecular weight is 443 g/mol. The molecule has 31 heavy (non-hydrogen) atoms. The predicted octanol–water partition coefficient (Wildman–Crippen LogP) is 4.81. The first kappa shape index (κ1) is 21.1. The Labute approximate surface area is 184 Å². The van der Waals surface area contributed by atoms with E-state index in [2.05, 4.69) is 15.8 Å². The standard InChI is InChI=1S/C23H23FN2O4S/c1-13-4-5-16(14(2)8-13)11-25-22-20(23(27)28-3)21(26-31-22)30-12-17-10-19-15(6-7-29-19)9-18(17)24/h4-5,8-10,25H,6-7,11-12H2,1-3H3. The molecule has 1 aliphatic heterocycles. The van der Waals surface area contributed by atoms with Crippen molar-refractivity contribution in [2.75, 3.05) is 19.0 Å². The lowest BCUT2D eigenvalue weighted by Crippen LogP contribution is -2.09. The van der Waals surface area contributed by atoms with E-state index in [1.165, 1.54) is 18.7 Å². The Balaban J connectivity index is 1.52. The maximum atomic E-state index is 14.4. The molecule has 1 aromatic heterocycles. The summed E-state index contributed by atoms with van der Waals surface area (Å²) in [5.41, 5.74) is 4.85. The number of anilines is 1. The summed E-state index contributed by atoms with van der Waals surface area (Å²) in [6, 6.07) is 9.31. The van der Waals surface area contributed by atoms with Crippen molar-refractivity contribution in [2.24, 2.45) is 0 Å². The Morgan fingerprint density at radius 2 is 2.10 bits per heavy atom. The van der Waals surface area contributed by atoms with Crippen molar-refractivity contribution in [3.63, 3.8) is 0 Å². The van der Waals surface area contributed by atoms with Gasteiger partial charge in [0, 0.05) is 24.1 Å². The van der Waals surface area contributed by atoms with Crippen LogP contribution in [0.15, 0.2) is 30.3 Å². The normalized spacial score (nSPS) is 12.3. The van der Waals surface area contributed by atoms with Crippen LogP contribution >= 0.6 is 11.5 Å². The maximum absolute atomic E-state index is 14.4. The van der Waals surface area contributed by atoms with E-state index in [-0.39, 0.29) is 23.9 Å². The molecule has 0 aliphatic carbocycles. The minimum absolute atomic E-state index is 0.0767. The Bertz CT molecular complexity index is 1130. The van der Waals surface area contributed by atoms with E-state index in [0.717, 1.165) is 28.2 Å². The number of methoxy groups -OCH3 is 1. The molecule has 162 valence electrons. The fourth-order valence-corrected chi connectivity index (χ4v) is 4.21. The Morgan fingerprint density at radius 1 is 1.26 bits per heavy atom. The van der Waals surface area contributed by atoms with Gasteiger partial charge in [-0.3, -0.25) is 0 Å². The van der Waals surface area contributed by atoms with Crippen molar-refractivity contribution in [1.29, 1.82) is 0 Å². The number of halogens is 1. The van der Waals surface area contributed by atoms with Crippen LogP contribution in [0.4, 0.5) is 9.39 Å². The van der Waals surface area contributed by atoms with Crippen LogP contribution in [0.25, 0.3) is 0 Å². The molecule has 8 heteroatoms. The minimum atomic E-state index is -0.565. The Morgan fingerprint density at radius 3 is 2.87 bits per heavy atom. The number of ether oxygens (including phenoxy) is 3. The van der Waals surface area contributed by atoms with Crippen molar-refractivity contribution in [1.82, 2.24) is 4.37 Å². The van der Waals surface area contributed by atoms with E-state index in [0.29, 0.717) is 35.9 Å². The highest BCUT2D eigenvalue weighted by molar-refractivity contribution is 7.10. The second-order valence-corrected chi connectivity index (χ2v) is 8.18. The first-order valence-corrected chi connectivity index (χ1v) is 10.7. The topological polar surface area (TPSA) is 69.7 Å². The number of rotatable bonds is 7. The second-order valence-electron chi connectivity index (χ2n) is 7.41. The number of esters is 1. The smallest absolute Gasteiger partial charge is 0.346 e. The number of fused-ring (bicyclic) bond motifs is 1. The number of nitrogens with zero attached hydrogens (tertiary/aromatic N) is 1. The first-order valence-electron chi connectivity index (χ1n) is 9.91. The predicted molar refractivity (Wildman–Crippen MR) is 117 cm³/mol. The molecule has 1 aliphatic rings. The van der Waals surface area contributed by atoms with Crippen LogP contribution in [0.2, 0.25) is 0 Å². The highest BCUT2D eigenvalue weighted by Gasteiger charge is 2.24. The fraction of sp³-hybridized carbons (Fsp3) is 0.304. The lowest BCUT2D eigenvalue weighted by molar-refractivity contribution is 0.0596. The molecule has 0 atom stereocenters. The molecule has 0 amide bonds. The number of hydrogen-bond donors (Lipinski definition) is 1. The van der Waals surface area contributed by atoms with Crippen molar-refractivity contribution in [3.05, 3.63) is 69.5 Å². The zero-order valence-corrected chi connectivity index (χ0v) is 18.4. The van der Waals surface area contributed by atoms with Crippen LogP contribution in [-0.4, -0.2) is 24.1 Å². The second kappa shape index (κ2) is 8.93. The molecule has 1 N–H and O–H groups in total. The van der Waals surface area contributed by atoms with Crippen LogP contribution in [0, 0.1) is 19.7 Å². The molecule has 0 bridgehead atoms. The van der Waals surface area contributed by atoms with E-state index >= 15 is 0 Å². The third-order valence-electron chi connectivity index (χ3n) is 5.21. The lowest BCUT2D eigenvalue weighted by atomic mass is 10.1. The van der Waals surface area contributed by atoms with Crippen molar-refractivity contribution in [3.8, 4) is 11.6 Å². The summed E-state index contributed by atoms with van der Waals surface area (Å²) in [4.78, 5) is 12.4. The largest absolute Gasteiger partial charge is 0.493 e. The number of nitrogens with one attached hydrogen (secondary N) is 1. The molecule has 0 saturated heterocycles. The van der Waals surface area contributed by atoms with Gasteiger partial charge in [0.1, 0.15) is 23.2 Å². The van der Waals surface area contributed by atoms with Gasteiger partial charge in [-0.1, -0.05) is 23.8 Å². The SMILES string of the molecule is COC(=O)c1c(OCc2cc3c(cc2F)CCO3)nsc1NCc1ccc(C)cc1C. The van der Waals surface area contributed by atoms with Gasteiger partial charge in [0.2, 0.25) is 5.88 Å². The summed E-state index contributed by atoms with van der Waals surface area (Å²) in [5, 5.41) is 3.79. The first-order chi connectivity index (χ1) is 15.0. The van der Waals surface area contributed by atoms with Crippen LogP contribution in [0.1, 0.15) is 38.2 Å². The minimum Gasteiger partial charge on any atom is -0.493 e. The van der Waals surface area contributed by atoms with Gasteiger partial charge in [0.15, 0.2) is 5.56 Å². The maximum Gasteiger partial charge on any atom is 0.346 e. The number of benzene rings is 2. The molecule has 0 spiro atoms. The van der Waals surface area contributed by atoms with Gasteiger partial charge in [-0.05, 0) is 48.6 Å². The summed E-state index contributed by atoms with van der Waals surface area (Å²) >= 11 is 1.10. The molecule has 2 aromatic carbocycles. The van der Waals surface area contributed by atoms with Crippen molar-refractivity contribution >= 4 is 22.5 Å². The number of aromatic nitrogens is 1. The summed E-state index contributed by atoms with van der Waals surface area (Å²) in [6.45, 7) is 5.08. The molecule has 2 heterocycles. The summed E-state index contributed by atoms with van der Waals surface area (Å²) in [5.74, 6) is -0.153. The van der Waals surface area contributed by atoms with Crippen LogP contribution in [0.3, 0.4) is 0 Å². The average Bonchev–Trinajstić information content (AvgIpc) is 3.37. The van der Waals surface area contributed by atoms with Crippen LogP contribution in [0.5, 0.6) is 11.6 Å². The lowest BCUT2D eigenvalue weighted by Gasteiger charge is -2.11. The number of hydrogen-bond acceptors (Lipinski definition) is 7. The fourth-order valence-electron chi connectivity index (χ4n) is 3.49. The van der Waals surface area contributed by atoms with Crippen molar-refractivity contribution in [2.45, 2.75) is 33.4 Å². The van der Waals surface area contributed by atoms with Gasteiger partial charge in [-0.15, -0.1) is 0 Å². The van der Waals surface area contributed by atoms with E-state index in [1.54, 1.807) is 6.07 Å². The molecule has 0 saturated carbocycles. The molecule has 0 fully saturated rings. The third kappa shape index (κ3) is 4.49. The Kier molecular flexibility index (Phi) is 6.08. The molecule has 0 radical (unpaired) electrons. The molecular weight excluding hydrogens is 419 g/mol. The molecule has 4 rings (SSSR count). The zero-order chi connectivity index (χ0) is 22.0. The van der Waals surface area contributed by atoms with Gasteiger partial charge in [0.05, 0.1) is 13.7 Å². The monoisotopic (exact) mass is 442 g/mol. The number of carbonyl (C=O) groups is 1. The molecular formula is C23H23FN2O4S. The summed E-state index contributed by atoms with van der Waals surface area (Å²) in [6.07, 6.45) is 0.696. The van der Waals surface area contributed by atoms with Gasteiger partial charge in [0.25, 0.3) is 0 Å². The van der Waals surface area contributed by atoms with E-state index < -0.39 is 5.97 Å². The molecule has 3 aromatic rings. The third-order valence-corrected chi connectivity index (χ3v) is 6.00. The van der Waals surface area contributed by atoms with E-state index in [1.807, 2.05) is 26.0 Å². The van der Waals surface area contributed by atoms with Crippen LogP contribution < -0.4 is 14.8 Å². The van der Waals surface area contributed by atoms with Gasteiger partial charge in [-0.25, -0.2) is 9.18 Å². The highest BCUT2D eigenvalue weighted by atomic mass is 32.1. The van der Waals surface area contributed by atoms with Gasteiger partial charge in [-0.2, -0.15) is 4.37 Å². The summed E-state index contributed by atoms with van der Waals surface area (Å²) < 4.78 is 34.8. The summed E-state index contributed by atoms with van der Waals surface area (Å²) in [7, 11) is 1.30. The van der Waals surface area contributed by atoms with Gasteiger partial charge >= 0.3 is 5.97 Å². The highest BCUT2D eigenvalue weighted by Crippen LogP contribution is 2.33. The number of aryl methyl sites for hydroxylation is 2. The van der Waals surface area contributed by atoms with Gasteiger partial charge < -0.3 is 19.5 Å². The van der Waals surface area contributed by atoms with E-state index in [4.69, 9.17) is 14.2 Å². The zero-order valence-electron chi connectivity index (χ0n) is 17.6. The molecule has 6 nitrogen and oxygen atoms in total. The van der Waals surface area contributed by atoms with E-state index in [9.17, 15) is 9.18 Å². The quantitative estimate of drug-likeness (QED) is 0.530. The number of carbonyl (C=O) groups excluding carboxylic acids is 1.